The second kappa shape index (κ2) is 6.83. The molecule has 3 N–H and O–H groups in total. The number of carbonyl (C=O) groups is 1. The largest absolute Gasteiger partial charge is 0.301 e. The van der Waals surface area contributed by atoms with E-state index in [0.29, 0.717) is 6.04 Å². The van der Waals surface area contributed by atoms with E-state index in [9.17, 15) is 4.79 Å². The van der Waals surface area contributed by atoms with Gasteiger partial charge in [-0.2, -0.15) is 0 Å². The molecule has 1 aliphatic rings. The van der Waals surface area contributed by atoms with Crippen molar-refractivity contribution < 1.29 is 4.79 Å². The number of nitrogens with zero attached hydrogens (tertiary/aromatic N) is 2. The highest BCUT2D eigenvalue weighted by molar-refractivity contribution is 5.82. The minimum absolute atomic E-state index is 0.143. The second-order valence-electron chi connectivity index (χ2n) is 5.36. The Balaban J connectivity index is 2.22. The number of rotatable bonds is 4. The van der Waals surface area contributed by atoms with Crippen LogP contribution < -0.4 is 11.3 Å². The molecular formula is C15H24N4O. The monoisotopic (exact) mass is 276 g/mol. The number of piperazine rings is 1. The molecule has 0 bridgehead atoms. The third-order valence-corrected chi connectivity index (χ3v) is 4.15. The lowest BCUT2D eigenvalue weighted by Gasteiger charge is -2.42. The molecule has 2 unspecified atom stereocenters. The van der Waals surface area contributed by atoms with E-state index in [-0.39, 0.29) is 11.9 Å². The molecule has 0 saturated carbocycles. The second-order valence-corrected chi connectivity index (χ2v) is 5.36. The third kappa shape index (κ3) is 3.17. The van der Waals surface area contributed by atoms with Crippen LogP contribution in [-0.2, 0) is 4.79 Å². The van der Waals surface area contributed by atoms with Gasteiger partial charge in [0.2, 0.25) is 0 Å². The van der Waals surface area contributed by atoms with Crippen molar-refractivity contribution in [2.24, 2.45) is 5.84 Å². The van der Waals surface area contributed by atoms with E-state index < -0.39 is 0 Å². The molecule has 1 amide bonds. The first-order valence-corrected chi connectivity index (χ1v) is 7.17. The summed E-state index contributed by atoms with van der Waals surface area (Å²) in [5.41, 5.74) is 3.31. The number of hydrazine groups is 1. The average molecular weight is 276 g/mol. The summed E-state index contributed by atoms with van der Waals surface area (Å²) in [6.07, 6.45) is 1.08. The van der Waals surface area contributed by atoms with Gasteiger partial charge >= 0.3 is 0 Å². The zero-order chi connectivity index (χ0) is 14.5. The Labute approximate surface area is 120 Å². The summed E-state index contributed by atoms with van der Waals surface area (Å²) < 4.78 is 0. The van der Waals surface area contributed by atoms with E-state index in [1.807, 2.05) is 30.3 Å². The van der Waals surface area contributed by atoms with Crippen molar-refractivity contribution in [3.8, 4) is 0 Å². The quantitative estimate of drug-likeness (QED) is 0.484. The summed E-state index contributed by atoms with van der Waals surface area (Å²) in [6.45, 7) is 4.92. The van der Waals surface area contributed by atoms with Crippen molar-refractivity contribution in [2.75, 3.05) is 26.7 Å². The molecule has 2 atom stereocenters. The highest BCUT2D eigenvalue weighted by atomic mass is 16.2. The Morgan fingerprint density at radius 2 is 2.10 bits per heavy atom. The van der Waals surface area contributed by atoms with Crippen LogP contribution in [0, 0.1) is 0 Å². The molecule has 1 aliphatic heterocycles. The highest BCUT2D eigenvalue weighted by Crippen LogP contribution is 2.24. The molecule has 20 heavy (non-hydrogen) atoms. The molecule has 110 valence electrons. The number of nitrogens with one attached hydrogen (secondary N) is 1. The number of amides is 1. The summed E-state index contributed by atoms with van der Waals surface area (Å²) >= 11 is 0. The number of benzene rings is 1. The van der Waals surface area contributed by atoms with Gasteiger partial charge in [0.05, 0.1) is 0 Å². The average Bonchev–Trinajstić information content (AvgIpc) is 2.50. The summed E-state index contributed by atoms with van der Waals surface area (Å²) in [4.78, 5) is 16.8. The van der Waals surface area contributed by atoms with Crippen LogP contribution in [0.25, 0.3) is 0 Å². The van der Waals surface area contributed by atoms with Crippen LogP contribution in [-0.4, -0.2) is 48.4 Å². The van der Waals surface area contributed by atoms with Gasteiger partial charge < -0.3 is 4.90 Å². The number of likely N-dealkylation sites (N-methyl/N-ethyl adjacent to an activating group) is 1. The van der Waals surface area contributed by atoms with Gasteiger partial charge in [0, 0.05) is 25.7 Å². The molecular weight excluding hydrogens is 252 g/mol. The third-order valence-electron chi connectivity index (χ3n) is 4.15. The fraction of sp³-hybridized carbons (Fsp3) is 0.533. The molecule has 2 rings (SSSR count). The van der Waals surface area contributed by atoms with Crippen LogP contribution in [0.1, 0.15) is 24.9 Å². The Morgan fingerprint density at radius 3 is 2.70 bits per heavy atom. The summed E-state index contributed by atoms with van der Waals surface area (Å²) in [5, 5.41) is 0. The molecule has 1 saturated heterocycles. The lowest BCUT2D eigenvalue weighted by Crippen LogP contribution is -2.55. The summed E-state index contributed by atoms with van der Waals surface area (Å²) in [6, 6.07) is 10.0. The molecule has 0 aromatic heterocycles. The Kier molecular flexibility index (Phi) is 5.11. The lowest BCUT2D eigenvalue weighted by molar-refractivity contribution is -0.128. The molecule has 5 nitrogen and oxygen atoms in total. The minimum atomic E-state index is -0.302. The predicted octanol–water partition coefficient (Wildman–Crippen LogP) is 0.744. The Morgan fingerprint density at radius 1 is 1.40 bits per heavy atom. The summed E-state index contributed by atoms with van der Waals surface area (Å²) in [5.74, 6) is 5.23. The highest BCUT2D eigenvalue weighted by Gasteiger charge is 2.32. The number of hydrogen-bond acceptors (Lipinski definition) is 4. The van der Waals surface area contributed by atoms with Crippen LogP contribution in [0.3, 0.4) is 0 Å². The van der Waals surface area contributed by atoms with Crippen LogP contribution in [0.15, 0.2) is 30.3 Å². The zero-order valence-corrected chi connectivity index (χ0v) is 12.2. The minimum Gasteiger partial charge on any atom is -0.301 e. The van der Waals surface area contributed by atoms with Crippen LogP contribution in [0.4, 0.5) is 0 Å². The first-order chi connectivity index (χ1) is 9.67. The van der Waals surface area contributed by atoms with Gasteiger partial charge in [0.15, 0.2) is 0 Å². The fourth-order valence-corrected chi connectivity index (χ4v) is 2.89. The number of carbonyl (C=O) groups excluding carboxylic acids is 1. The number of nitrogens with two attached hydrogens (primary N) is 1. The van der Waals surface area contributed by atoms with Gasteiger partial charge in [-0.3, -0.25) is 15.1 Å². The van der Waals surface area contributed by atoms with Gasteiger partial charge in [-0.1, -0.05) is 37.3 Å². The first-order valence-electron chi connectivity index (χ1n) is 7.17. The lowest BCUT2D eigenvalue weighted by atomic mass is 10.0. The van der Waals surface area contributed by atoms with Gasteiger partial charge in [0.1, 0.15) is 6.04 Å². The van der Waals surface area contributed by atoms with Crippen LogP contribution in [0.5, 0.6) is 0 Å². The molecule has 1 heterocycles. The van der Waals surface area contributed by atoms with Gasteiger partial charge in [-0.25, -0.2) is 5.84 Å². The maximum Gasteiger partial charge on any atom is 0.255 e. The van der Waals surface area contributed by atoms with Crippen molar-refractivity contribution in [2.45, 2.75) is 25.4 Å². The first kappa shape index (κ1) is 15.0. The predicted molar refractivity (Wildman–Crippen MR) is 79.8 cm³/mol. The van der Waals surface area contributed by atoms with Crippen LogP contribution >= 0.6 is 0 Å². The molecule has 0 aliphatic carbocycles. The smallest absolute Gasteiger partial charge is 0.255 e. The van der Waals surface area contributed by atoms with E-state index in [0.717, 1.165) is 31.6 Å². The van der Waals surface area contributed by atoms with Crippen molar-refractivity contribution in [3.63, 3.8) is 0 Å². The van der Waals surface area contributed by atoms with Crippen molar-refractivity contribution in [1.29, 1.82) is 0 Å². The Bertz CT molecular complexity index is 437. The SMILES string of the molecule is CCC1CN(C(C(=O)NN)c2ccccc2)CCN1C. The molecule has 0 radical (unpaired) electrons. The van der Waals surface area contributed by atoms with E-state index >= 15 is 0 Å². The molecule has 0 spiro atoms. The molecule has 1 aromatic carbocycles. The maximum atomic E-state index is 12.2. The normalized spacial score (nSPS) is 22.4. The van der Waals surface area contributed by atoms with Gasteiger partial charge in [0.25, 0.3) is 5.91 Å². The van der Waals surface area contributed by atoms with Crippen molar-refractivity contribution in [1.82, 2.24) is 15.2 Å². The van der Waals surface area contributed by atoms with E-state index in [1.54, 1.807) is 0 Å². The van der Waals surface area contributed by atoms with E-state index in [2.05, 4.69) is 29.2 Å². The fourth-order valence-electron chi connectivity index (χ4n) is 2.89. The van der Waals surface area contributed by atoms with Gasteiger partial charge in [-0.05, 0) is 19.0 Å². The molecule has 1 aromatic rings. The van der Waals surface area contributed by atoms with Crippen molar-refractivity contribution >= 4 is 5.91 Å². The summed E-state index contributed by atoms with van der Waals surface area (Å²) in [7, 11) is 2.14. The number of hydrogen-bond donors (Lipinski definition) is 2. The van der Waals surface area contributed by atoms with E-state index in [4.69, 9.17) is 5.84 Å². The van der Waals surface area contributed by atoms with E-state index in [1.165, 1.54) is 0 Å². The van der Waals surface area contributed by atoms with Crippen molar-refractivity contribution in [3.05, 3.63) is 35.9 Å². The topological polar surface area (TPSA) is 61.6 Å². The van der Waals surface area contributed by atoms with Gasteiger partial charge in [-0.15, -0.1) is 0 Å². The zero-order valence-electron chi connectivity index (χ0n) is 12.2. The Hall–Kier alpha value is -1.43. The van der Waals surface area contributed by atoms with Crippen LogP contribution in [0.2, 0.25) is 0 Å². The molecule has 1 fully saturated rings. The maximum absolute atomic E-state index is 12.2. The standard InChI is InChI=1S/C15H24N4O/c1-3-13-11-19(10-9-18(13)2)14(15(20)17-16)12-7-5-4-6-8-12/h4-8,13-14H,3,9-11,16H2,1-2H3,(H,17,20). The molecule has 5 heteroatoms.